The number of thiophene rings is 1. The number of aliphatic hydroxyl groups excluding tert-OH is 1. The lowest BCUT2D eigenvalue weighted by molar-refractivity contribution is 0.0961. The van der Waals surface area contributed by atoms with E-state index in [4.69, 9.17) is 0 Å². The number of anilines is 1. The van der Waals surface area contributed by atoms with E-state index in [0.29, 0.717) is 5.69 Å². The first kappa shape index (κ1) is 13.5. The van der Waals surface area contributed by atoms with Gasteiger partial charge in [0.25, 0.3) is 0 Å². The Morgan fingerprint density at radius 2 is 2.15 bits per heavy atom. The molecule has 5 heteroatoms. The maximum atomic E-state index is 13.7. The molecule has 2 aromatic rings. The number of pyridine rings is 1. The summed E-state index contributed by atoms with van der Waals surface area (Å²) in [5.41, 5.74) is 0.615. The first-order chi connectivity index (χ1) is 9.75. The Bertz CT molecular complexity index is 553. The van der Waals surface area contributed by atoms with E-state index in [-0.39, 0.29) is 17.8 Å². The van der Waals surface area contributed by atoms with Gasteiger partial charge in [0.2, 0.25) is 0 Å². The summed E-state index contributed by atoms with van der Waals surface area (Å²) < 4.78 is 13.7. The minimum atomic E-state index is -0.389. The summed E-state index contributed by atoms with van der Waals surface area (Å²) in [6.07, 6.45) is 4.23. The summed E-state index contributed by atoms with van der Waals surface area (Å²) in [5.74, 6) is -0.0143. The number of aromatic nitrogens is 1. The van der Waals surface area contributed by atoms with Crippen LogP contribution in [0.5, 0.6) is 0 Å². The highest BCUT2D eigenvalue weighted by Crippen LogP contribution is 2.34. The van der Waals surface area contributed by atoms with Gasteiger partial charge in [-0.1, -0.05) is 6.07 Å². The third-order valence-corrected chi connectivity index (χ3v) is 4.86. The molecule has 1 atom stereocenters. The summed E-state index contributed by atoms with van der Waals surface area (Å²) in [6, 6.07) is 5.65. The van der Waals surface area contributed by atoms with Gasteiger partial charge in [-0.2, -0.15) is 0 Å². The Kier molecular flexibility index (Phi) is 3.98. The standard InChI is InChI=1S/C15H17FN2OS/c16-12-10-17-6-3-13(12)18-7-4-11(5-8-18)15(19)14-2-1-9-20-14/h1-3,6,9-11,15,19H,4-5,7-8H2. The van der Waals surface area contributed by atoms with Crippen LogP contribution in [0.3, 0.4) is 0 Å². The molecule has 1 fully saturated rings. The van der Waals surface area contributed by atoms with Crippen LogP contribution in [0.25, 0.3) is 0 Å². The van der Waals surface area contributed by atoms with Gasteiger partial charge in [-0.05, 0) is 36.3 Å². The monoisotopic (exact) mass is 292 g/mol. The van der Waals surface area contributed by atoms with E-state index in [1.807, 2.05) is 22.4 Å². The van der Waals surface area contributed by atoms with E-state index in [9.17, 15) is 9.50 Å². The molecule has 20 heavy (non-hydrogen) atoms. The number of hydrogen-bond donors (Lipinski definition) is 1. The van der Waals surface area contributed by atoms with Crippen molar-refractivity contribution in [2.45, 2.75) is 18.9 Å². The summed E-state index contributed by atoms with van der Waals surface area (Å²) in [6.45, 7) is 1.54. The lowest BCUT2D eigenvalue weighted by Crippen LogP contribution is -2.36. The Labute approximate surface area is 121 Å². The molecule has 2 aromatic heterocycles. The van der Waals surface area contributed by atoms with Crippen LogP contribution in [-0.2, 0) is 0 Å². The molecule has 0 radical (unpaired) electrons. The molecule has 1 aliphatic rings. The van der Waals surface area contributed by atoms with Gasteiger partial charge in [0, 0.05) is 24.2 Å². The fraction of sp³-hybridized carbons (Fsp3) is 0.400. The average molecular weight is 292 g/mol. The third-order valence-electron chi connectivity index (χ3n) is 3.91. The molecule has 0 aliphatic carbocycles. The fourth-order valence-corrected chi connectivity index (χ4v) is 3.58. The molecule has 0 aromatic carbocycles. The van der Waals surface area contributed by atoms with Gasteiger partial charge in [-0.25, -0.2) is 4.39 Å². The van der Waals surface area contributed by atoms with Gasteiger partial charge in [0.1, 0.15) is 0 Å². The van der Waals surface area contributed by atoms with Crippen LogP contribution in [-0.4, -0.2) is 23.2 Å². The van der Waals surface area contributed by atoms with Gasteiger partial charge in [-0.3, -0.25) is 4.98 Å². The second-order valence-electron chi connectivity index (χ2n) is 5.11. The van der Waals surface area contributed by atoms with Crippen LogP contribution in [0.4, 0.5) is 10.1 Å². The van der Waals surface area contributed by atoms with Crippen LogP contribution in [0.1, 0.15) is 23.8 Å². The smallest absolute Gasteiger partial charge is 0.164 e. The van der Waals surface area contributed by atoms with Crippen LogP contribution in [0, 0.1) is 11.7 Å². The van der Waals surface area contributed by atoms with Crippen molar-refractivity contribution in [3.05, 3.63) is 46.7 Å². The Morgan fingerprint density at radius 1 is 1.35 bits per heavy atom. The minimum Gasteiger partial charge on any atom is -0.387 e. The lowest BCUT2D eigenvalue weighted by atomic mass is 9.90. The van der Waals surface area contributed by atoms with Crippen LogP contribution in [0.2, 0.25) is 0 Å². The molecule has 1 N–H and O–H groups in total. The highest BCUT2D eigenvalue weighted by molar-refractivity contribution is 7.10. The zero-order chi connectivity index (χ0) is 13.9. The number of piperidine rings is 1. The first-order valence-electron chi connectivity index (χ1n) is 6.81. The van der Waals surface area contributed by atoms with Crippen molar-refractivity contribution in [3.63, 3.8) is 0 Å². The SMILES string of the molecule is OC(c1cccs1)C1CCN(c2ccncc2F)CC1. The van der Waals surface area contributed by atoms with E-state index in [1.54, 1.807) is 23.6 Å². The first-order valence-corrected chi connectivity index (χ1v) is 7.69. The fourth-order valence-electron chi connectivity index (χ4n) is 2.77. The summed E-state index contributed by atoms with van der Waals surface area (Å²) >= 11 is 1.59. The predicted octanol–water partition coefficient (Wildman–Crippen LogP) is 3.23. The third kappa shape index (κ3) is 2.69. The van der Waals surface area contributed by atoms with Crippen molar-refractivity contribution in [2.24, 2.45) is 5.92 Å². The molecular formula is C15H17FN2OS. The lowest BCUT2D eigenvalue weighted by Gasteiger charge is -2.35. The minimum absolute atomic E-state index is 0.259. The molecule has 0 saturated carbocycles. The Morgan fingerprint density at radius 3 is 2.80 bits per heavy atom. The number of aliphatic hydroxyl groups is 1. The Hall–Kier alpha value is -1.46. The van der Waals surface area contributed by atoms with Gasteiger partial charge in [-0.15, -0.1) is 11.3 Å². The van der Waals surface area contributed by atoms with E-state index in [2.05, 4.69) is 4.98 Å². The van der Waals surface area contributed by atoms with E-state index < -0.39 is 0 Å². The maximum absolute atomic E-state index is 13.7. The normalized spacial score (nSPS) is 18.2. The summed E-state index contributed by atoms with van der Waals surface area (Å²) in [7, 11) is 0. The predicted molar refractivity (Wildman–Crippen MR) is 78.4 cm³/mol. The van der Waals surface area contributed by atoms with Crippen molar-refractivity contribution in [3.8, 4) is 0 Å². The van der Waals surface area contributed by atoms with Crippen LogP contribution >= 0.6 is 11.3 Å². The Balaban J connectivity index is 1.64. The molecule has 3 nitrogen and oxygen atoms in total. The highest BCUT2D eigenvalue weighted by atomic mass is 32.1. The molecule has 0 spiro atoms. The summed E-state index contributed by atoms with van der Waals surface area (Å²) in [4.78, 5) is 6.84. The van der Waals surface area contributed by atoms with Crippen molar-refractivity contribution in [1.82, 2.24) is 4.98 Å². The molecule has 3 rings (SSSR count). The summed E-state index contributed by atoms with van der Waals surface area (Å²) in [5, 5.41) is 12.3. The van der Waals surface area contributed by atoms with E-state index >= 15 is 0 Å². The van der Waals surface area contributed by atoms with Crippen molar-refractivity contribution in [2.75, 3.05) is 18.0 Å². The number of nitrogens with zero attached hydrogens (tertiary/aromatic N) is 2. The zero-order valence-electron chi connectivity index (χ0n) is 11.1. The number of rotatable bonds is 3. The molecule has 1 aliphatic heterocycles. The van der Waals surface area contributed by atoms with E-state index in [1.165, 1.54) is 6.20 Å². The quantitative estimate of drug-likeness (QED) is 0.943. The van der Waals surface area contributed by atoms with Gasteiger partial charge < -0.3 is 10.0 Å². The van der Waals surface area contributed by atoms with Gasteiger partial charge >= 0.3 is 0 Å². The maximum Gasteiger partial charge on any atom is 0.164 e. The van der Waals surface area contributed by atoms with Crippen molar-refractivity contribution >= 4 is 17.0 Å². The van der Waals surface area contributed by atoms with Gasteiger partial charge in [0.05, 0.1) is 18.0 Å². The van der Waals surface area contributed by atoms with Crippen molar-refractivity contribution < 1.29 is 9.50 Å². The molecule has 1 saturated heterocycles. The molecule has 0 bridgehead atoms. The van der Waals surface area contributed by atoms with Crippen LogP contribution in [0.15, 0.2) is 36.0 Å². The second-order valence-corrected chi connectivity index (χ2v) is 6.09. The molecule has 106 valence electrons. The number of hydrogen-bond acceptors (Lipinski definition) is 4. The topological polar surface area (TPSA) is 36.4 Å². The molecule has 1 unspecified atom stereocenters. The van der Waals surface area contributed by atoms with Crippen LogP contribution < -0.4 is 4.90 Å². The van der Waals surface area contributed by atoms with E-state index in [0.717, 1.165) is 30.8 Å². The zero-order valence-corrected chi connectivity index (χ0v) is 11.9. The second kappa shape index (κ2) is 5.89. The molecular weight excluding hydrogens is 275 g/mol. The molecule has 3 heterocycles. The molecule has 0 amide bonds. The average Bonchev–Trinajstić information content (AvgIpc) is 3.01. The largest absolute Gasteiger partial charge is 0.387 e. The number of halogens is 1. The van der Waals surface area contributed by atoms with Gasteiger partial charge in [0.15, 0.2) is 5.82 Å². The highest BCUT2D eigenvalue weighted by Gasteiger charge is 2.27. The van der Waals surface area contributed by atoms with Crippen molar-refractivity contribution in [1.29, 1.82) is 0 Å².